The molecule has 0 aliphatic carbocycles. The van der Waals surface area contributed by atoms with Gasteiger partial charge in [0.25, 0.3) is 15.9 Å². The van der Waals surface area contributed by atoms with Crippen molar-refractivity contribution >= 4 is 21.6 Å². The molecule has 2 rings (SSSR count). The zero-order valence-electron chi connectivity index (χ0n) is 16.4. The lowest BCUT2D eigenvalue weighted by Gasteiger charge is -2.14. The van der Waals surface area contributed by atoms with Gasteiger partial charge in [-0.25, -0.2) is 8.42 Å². The number of aryl methyl sites for hydroxylation is 2. The van der Waals surface area contributed by atoms with Crippen LogP contribution in [0, 0.1) is 20.8 Å². The molecule has 0 radical (unpaired) electrons. The number of anilines is 1. The van der Waals surface area contributed by atoms with E-state index in [-0.39, 0.29) is 10.8 Å². The number of rotatable bonds is 8. The fourth-order valence-electron chi connectivity index (χ4n) is 2.77. The van der Waals surface area contributed by atoms with Crippen LogP contribution in [0.15, 0.2) is 41.3 Å². The molecule has 0 aliphatic heterocycles. The summed E-state index contributed by atoms with van der Waals surface area (Å²) in [5.41, 5.74) is 3.37. The molecule has 0 heterocycles. The second-order valence-electron chi connectivity index (χ2n) is 6.80. The van der Waals surface area contributed by atoms with Gasteiger partial charge in [0.15, 0.2) is 0 Å². The Morgan fingerprint density at radius 2 is 1.74 bits per heavy atom. The Balaban J connectivity index is 2.26. The van der Waals surface area contributed by atoms with Crippen LogP contribution in [0.2, 0.25) is 0 Å². The van der Waals surface area contributed by atoms with E-state index in [1.807, 2.05) is 26.0 Å². The van der Waals surface area contributed by atoms with Crippen LogP contribution in [0.3, 0.4) is 0 Å². The van der Waals surface area contributed by atoms with Crippen molar-refractivity contribution in [1.29, 1.82) is 0 Å². The third-order valence-corrected chi connectivity index (χ3v) is 6.16. The highest BCUT2D eigenvalue weighted by Crippen LogP contribution is 2.24. The van der Waals surface area contributed by atoms with Crippen LogP contribution in [-0.2, 0) is 10.0 Å². The summed E-state index contributed by atoms with van der Waals surface area (Å²) < 4.78 is 28.5. The van der Waals surface area contributed by atoms with Crippen molar-refractivity contribution < 1.29 is 13.2 Å². The molecule has 0 aliphatic rings. The zero-order valence-corrected chi connectivity index (χ0v) is 17.2. The van der Waals surface area contributed by atoms with E-state index in [1.54, 1.807) is 25.1 Å². The van der Waals surface area contributed by atoms with E-state index in [0.29, 0.717) is 23.4 Å². The highest BCUT2D eigenvalue weighted by Gasteiger charge is 2.20. The maximum atomic E-state index is 12.9. The molecule has 0 atom stereocenters. The monoisotopic (exact) mass is 388 g/mol. The van der Waals surface area contributed by atoms with Gasteiger partial charge in [0.1, 0.15) is 0 Å². The lowest BCUT2D eigenvalue weighted by molar-refractivity contribution is 0.0952. The first-order valence-electron chi connectivity index (χ1n) is 9.24. The van der Waals surface area contributed by atoms with Gasteiger partial charge in [-0.15, -0.1) is 0 Å². The predicted octanol–water partition coefficient (Wildman–Crippen LogP) is 4.33. The van der Waals surface area contributed by atoms with Crippen molar-refractivity contribution in [2.24, 2.45) is 0 Å². The lowest BCUT2D eigenvalue weighted by Crippen LogP contribution is -2.25. The molecule has 6 heteroatoms. The Bertz CT molecular complexity index is 921. The van der Waals surface area contributed by atoms with E-state index >= 15 is 0 Å². The first kappa shape index (κ1) is 21.0. The standard InChI is InChI=1S/C21H28N2O3S/c1-5-6-7-13-22-21(24)18-12-11-16(3)20(14-18)27(25,26)23-19-10-8-9-15(2)17(19)4/h8-12,14,23H,5-7,13H2,1-4H3,(H,22,24). The zero-order chi connectivity index (χ0) is 20.0. The van der Waals surface area contributed by atoms with Gasteiger partial charge in [-0.3, -0.25) is 9.52 Å². The van der Waals surface area contributed by atoms with Crippen LogP contribution < -0.4 is 10.0 Å². The molecule has 0 unspecified atom stereocenters. The normalized spacial score (nSPS) is 11.3. The molecule has 0 spiro atoms. The topological polar surface area (TPSA) is 75.3 Å². The summed E-state index contributed by atoms with van der Waals surface area (Å²) in [5.74, 6) is -0.255. The number of carbonyl (C=O) groups is 1. The van der Waals surface area contributed by atoms with Crippen LogP contribution in [0.4, 0.5) is 5.69 Å². The summed E-state index contributed by atoms with van der Waals surface area (Å²) in [6.45, 7) is 8.22. The van der Waals surface area contributed by atoms with Gasteiger partial charge in [0.2, 0.25) is 0 Å². The summed E-state index contributed by atoms with van der Waals surface area (Å²) in [6.07, 6.45) is 3.04. The second-order valence-corrected chi connectivity index (χ2v) is 8.45. The van der Waals surface area contributed by atoms with Gasteiger partial charge in [-0.2, -0.15) is 0 Å². The Morgan fingerprint density at radius 1 is 1.00 bits per heavy atom. The number of unbranched alkanes of at least 4 members (excludes halogenated alkanes) is 2. The molecule has 2 aromatic rings. The number of sulfonamides is 1. The molecular formula is C21H28N2O3S. The molecule has 2 aromatic carbocycles. The molecule has 146 valence electrons. The molecule has 0 fully saturated rings. The predicted molar refractivity (Wildman–Crippen MR) is 110 cm³/mol. The van der Waals surface area contributed by atoms with E-state index < -0.39 is 10.0 Å². The summed E-state index contributed by atoms with van der Waals surface area (Å²) in [6, 6.07) is 10.2. The summed E-state index contributed by atoms with van der Waals surface area (Å²) in [7, 11) is -3.80. The third kappa shape index (κ3) is 5.32. The van der Waals surface area contributed by atoms with E-state index in [9.17, 15) is 13.2 Å². The van der Waals surface area contributed by atoms with Gasteiger partial charge in [0.05, 0.1) is 10.6 Å². The smallest absolute Gasteiger partial charge is 0.262 e. The minimum atomic E-state index is -3.80. The minimum absolute atomic E-state index is 0.115. The van der Waals surface area contributed by atoms with Crippen molar-refractivity contribution in [2.45, 2.75) is 51.9 Å². The highest BCUT2D eigenvalue weighted by atomic mass is 32.2. The molecule has 0 bridgehead atoms. The second kappa shape index (κ2) is 9.04. The maximum absolute atomic E-state index is 12.9. The van der Waals surface area contributed by atoms with E-state index in [2.05, 4.69) is 17.0 Å². The van der Waals surface area contributed by atoms with Gasteiger partial charge in [-0.1, -0.05) is 38.0 Å². The first-order valence-corrected chi connectivity index (χ1v) is 10.7. The number of hydrogen-bond acceptors (Lipinski definition) is 3. The molecule has 0 saturated heterocycles. The van der Waals surface area contributed by atoms with Crippen LogP contribution in [0.25, 0.3) is 0 Å². The van der Waals surface area contributed by atoms with Crippen molar-refractivity contribution in [3.05, 3.63) is 58.7 Å². The Morgan fingerprint density at radius 3 is 2.44 bits per heavy atom. The van der Waals surface area contributed by atoms with Crippen molar-refractivity contribution in [1.82, 2.24) is 5.32 Å². The van der Waals surface area contributed by atoms with E-state index in [1.165, 1.54) is 6.07 Å². The molecule has 1 amide bonds. The number of benzene rings is 2. The first-order chi connectivity index (χ1) is 12.8. The Labute approximate surface area is 162 Å². The van der Waals surface area contributed by atoms with Gasteiger partial charge < -0.3 is 5.32 Å². The van der Waals surface area contributed by atoms with E-state index in [0.717, 1.165) is 30.4 Å². The molecule has 0 saturated carbocycles. The fourth-order valence-corrected chi connectivity index (χ4v) is 4.17. The third-order valence-electron chi connectivity index (χ3n) is 4.65. The number of nitrogens with one attached hydrogen (secondary N) is 2. The van der Waals surface area contributed by atoms with Crippen LogP contribution in [-0.4, -0.2) is 20.9 Å². The van der Waals surface area contributed by atoms with Crippen molar-refractivity contribution in [2.75, 3.05) is 11.3 Å². The molecular weight excluding hydrogens is 360 g/mol. The summed E-state index contributed by atoms with van der Waals surface area (Å²) in [5, 5.41) is 2.84. The highest BCUT2D eigenvalue weighted by molar-refractivity contribution is 7.92. The number of amides is 1. The number of carbonyl (C=O) groups excluding carboxylic acids is 1. The molecule has 0 aromatic heterocycles. The SMILES string of the molecule is CCCCCNC(=O)c1ccc(C)c(S(=O)(=O)Nc2cccc(C)c2C)c1. The average molecular weight is 389 g/mol. The summed E-state index contributed by atoms with van der Waals surface area (Å²) >= 11 is 0. The molecule has 27 heavy (non-hydrogen) atoms. The van der Waals surface area contributed by atoms with Gasteiger partial charge >= 0.3 is 0 Å². The van der Waals surface area contributed by atoms with Crippen LogP contribution in [0.5, 0.6) is 0 Å². The summed E-state index contributed by atoms with van der Waals surface area (Å²) in [4.78, 5) is 12.4. The van der Waals surface area contributed by atoms with Crippen LogP contribution in [0.1, 0.15) is 53.2 Å². The Kier molecular flexibility index (Phi) is 7.02. The quantitative estimate of drug-likeness (QED) is 0.661. The molecule has 2 N–H and O–H groups in total. The van der Waals surface area contributed by atoms with Crippen molar-refractivity contribution in [3.63, 3.8) is 0 Å². The maximum Gasteiger partial charge on any atom is 0.262 e. The van der Waals surface area contributed by atoms with Gasteiger partial charge in [-0.05, 0) is 62.1 Å². The fraction of sp³-hybridized carbons (Fsp3) is 0.381. The lowest BCUT2D eigenvalue weighted by atomic mass is 10.1. The van der Waals surface area contributed by atoms with Gasteiger partial charge in [0, 0.05) is 12.1 Å². The number of hydrogen-bond donors (Lipinski definition) is 2. The minimum Gasteiger partial charge on any atom is -0.352 e. The Hall–Kier alpha value is -2.34. The van der Waals surface area contributed by atoms with Crippen molar-refractivity contribution in [3.8, 4) is 0 Å². The average Bonchev–Trinajstić information content (AvgIpc) is 2.62. The molecule has 5 nitrogen and oxygen atoms in total. The van der Waals surface area contributed by atoms with Crippen LogP contribution >= 0.6 is 0 Å². The van der Waals surface area contributed by atoms with E-state index in [4.69, 9.17) is 0 Å². The largest absolute Gasteiger partial charge is 0.352 e.